The highest BCUT2D eigenvalue weighted by Crippen LogP contribution is 2.32. The first-order valence-corrected chi connectivity index (χ1v) is 10.8. The third kappa shape index (κ3) is 3.23. The summed E-state index contributed by atoms with van der Waals surface area (Å²) in [6, 6.07) is 8.65. The molecule has 2 saturated heterocycles. The van der Waals surface area contributed by atoms with Gasteiger partial charge in [0.15, 0.2) is 9.84 Å². The molecule has 0 radical (unpaired) electrons. The minimum atomic E-state index is -3.03. The lowest BCUT2D eigenvalue weighted by Gasteiger charge is -2.30. The van der Waals surface area contributed by atoms with E-state index in [-0.39, 0.29) is 30.1 Å². The number of carbonyl (C=O) groups is 2. The highest BCUT2D eigenvalue weighted by molar-refractivity contribution is 7.91. The highest BCUT2D eigenvalue weighted by atomic mass is 32.2. The molecule has 3 rings (SSSR count). The predicted octanol–water partition coefficient (Wildman–Crippen LogP) is 1.31. The summed E-state index contributed by atoms with van der Waals surface area (Å²) in [6.07, 6.45) is 0.986. The van der Waals surface area contributed by atoms with Gasteiger partial charge in [0.2, 0.25) is 0 Å². The number of urea groups is 1. The lowest BCUT2D eigenvalue weighted by Crippen LogP contribution is -2.48. The Morgan fingerprint density at radius 3 is 2.46 bits per heavy atom. The third-order valence-electron chi connectivity index (χ3n) is 5.43. The Balaban J connectivity index is 1.82. The fourth-order valence-electron chi connectivity index (χ4n) is 3.84. The quantitative estimate of drug-likeness (QED) is 0.753. The van der Waals surface area contributed by atoms with Crippen molar-refractivity contribution in [3.63, 3.8) is 0 Å². The number of nitrogens with one attached hydrogen (secondary N) is 1. The van der Waals surface area contributed by atoms with Gasteiger partial charge < -0.3 is 5.32 Å². The van der Waals surface area contributed by atoms with Crippen molar-refractivity contribution in [1.29, 1.82) is 0 Å². The average Bonchev–Trinajstić information content (AvgIpc) is 3.11. The summed E-state index contributed by atoms with van der Waals surface area (Å²) in [5, 5.41) is 2.86. The van der Waals surface area contributed by atoms with Crippen LogP contribution < -0.4 is 5.32 Å². The van der Waals surface area contributed by atoms with Crippen molar-refractivity contribution in [2.24, 2.45) is 0 Å². The molecule has 7 nitrogen and oxygen atoms in total. The van der Waals surface area contributed by atoms with Gasteiger partial charge in [-0.25, -0.2) is 18.1 Å². The molecule has 8 heteroatoms. The van der Waals surface area contributed by atoms with Gasteiger partial charge >= 0.3 is 6.03 Å². The summed E-state index contributed by atoms with van der Waals surface area (Å²) >= 11 is 0. The molecule has 26 heavy (non-hydrogen) atoms. The summed E-state index contributed by atoms with van der Waals surface area (Å²) in [5.74, 6) is -0.0326. The maximum Gasteiger partial charge on any atom is 0.326 e. The molecule has 2 aliphatic rings. The zero-order valence-electron chi connectivity index (χ0n) is 15.1. The van der Waals surface area contributed by atoms with Crippen molar-refractivity contribution in [3.05, 3.63) is 35.9 Å². The number of imide groups is 1. The van der Waals surface area contributed by atoms with Gasteiger partial charge in [0.1, 0.15) is 5.54 Å². The van der Waals surface area contributed by atoms with E-state index in [2.05, 4.69) is 5.32 Å². The normalized spacial score (nSPS) is 28.0. The molecule has 2 heterocycles. The summed E-state index contributed by atoms with van der Waals surface area (Å²) in [5.41, 5.74) is -0.297. The Morgan fingerprint density at radius 2 is 1.92 bits per heavy atom. The monoisotopic (exact) mass is 379 g/mol. The highest BCUT2D eigenvalue weighted by Gasteiger charge is 2.51. The SMILES string of the molecule is CCN(CN1C(=O)N[C@](CC)(c2ccccc2)C1=O)[C@@H]1CCS(=O)(=O)C1. The Bertz CT molecular complexity index is 796. The van der Waals surface area contributed by atoms with Crippen LogP contribution in [0.5, 0.6) is 0 Å². The molecular formula is C18H25N3O4S. The lowest BCUT2D eigenvalue weighted by molar-refractivity contribution is -0.133. The van der Waals surface area contributed by atoms with Crippen LogP contribution in [0.1, 0.15) is 32.3 Å². The molecule has 3 amide bonds. The van der Waals surface area contributed by atoms with Crippen LogP contribution in [-0.2, 0) is 20.2 Å². The van der Waals surface area contributed by atoms with Crippen LogP contribution in [0.15, 0.2) is 30.3 Å². The van der Waals surface area contributed by atoms with E-state index in [0.717, 1.165) is 5.56 Å². The smallest absolute Gasteiger partial charge is 0.319 e. The first kappa shape index (κ1) is 18.8. The van der Waals surface area contributed by atoms with E-state index in [0.29, 0.717) is 19.4 Å². The molecular weight excluding hydrogens is 354 g/mol. The van der Waals surface area contributed by atoms with Crippen molar-refractivity contribution >= 4 is 21.8 Å². The Labute approximate surface area is 154 Å². The summed E-state index contributed by atoms with van der Waals surface area (Å²) in [6.45, 7) is 4.46. The number of carbonyl (C=O) groups excluding carboxylic acids is 2. The maximum atomic E-state index is 13.2. The van der Waals surface area contributed by atoms with Crippen LogP contribution in [-0.4, -0.2) is 60.9 Å². The van der Waals surface area contributed by atoms with E-state index in [9.17, 15) is 18.0 Å². The van der Waals surface area contributed by atoms with Crippen molar-refractivity contribution in [1.82, 2.24) is 15.1 Å². The molecule has 0 bridgehead atoms. The molecule has 1 N–H and O–H groups in total. The number of amides is 3. The lowest BCUT2D eigenvalue weighted by atomic mass is 9.87. The molecule has 0 unspecified atom stereocenters. The molecule has 1 aromatic rings. The number of nitrogens with zero attached hydrogens (tertiary/aromatic N) is 2. The number of hydrogen-bond donors (Lipinski definition) is 1. The molecule has 142 valence electrons. The number of hydrogen-bond acceptors (Lipinski definition) is 5. The fourth-order valence-corrected chi connectivity index (χ4v) is 5.60. The van der Waals surface area contributed by atoms with Crippen LogP contribution in [0.25, 0.3) is 0 Å². The minimum Gasteiger partial charge on any atom is -0.319 e. The molecule has 0 spiro atoms. The second-order valence-electron chi connectivity index (χ2n) is 6.89. The van der Waals surface area contributed by atoms with Gasteiger partial charge in [-0.2, -0.15) is 0 Å². The first-order valence-electron chi connectivity index (χ1n) is 8.97. The topological polar surface area (TPSA) is 86.8 Å². The number of sulfone groups is 1. The standard InChI is InChI=1S/C18H25N3O4S/c1-3-18(14-8-6-5-7-9-14)16(22)21(17(23)19-18)13-20(4-2)15-10-11-26(24,25)12-15/h5-9,15H,3-4,10-13H2,1-2H3,(H,19,23)/t15-,18-/m1/s1. The molecule has 2 aliphatic heterocycles. The van der Waals surface area contributed by atoms with Gasteiger partial charge in [-0.15, -0.1) is 0 Å². The van der Waals surface area contributed by atoms with Gasteiger partial charge in [-0.3, -0.25) is 9.69 Å². The fraction of sp³-hybridized carbons (Fsp3) is 0.556. The van der Waals surface area contributed by atoms with E-state index >= 15 is 0 Å². The van der Waals surface area contributed by atoms with Crippen molar-refractivity contribution < 1.29 is 18.0 Å². The largest absolute Gasteiger partial charge is 0.326 e. The molecule has 2 fully saturated rings. The Hall–Kier alpha value is -1.93. The molecule has 0 aliphatic carbocycles. The second-order valence-corrected chi connectivity index (χ2v) is 9.12. The Morgan fingerprint density at radius 1 is 1.23 bits per heavy atom. The van der Waals surface area contributed by atoms with Crippen molar-refractivity contribution in [3.8, 4) is 0 Å². The van der Waals surface area contributed by atoms with Crippen LogP contribution in [0.2, 0.25) is 0 Å². The number of rotatable bonds is 6. The predicted molar refractivity (Wildman–Crippen MR) is 98.1 cm³/mol. The summed E-state index contributed by atoms with van der Waals surface area (Å²) in [4.78, 5) is 28.9. The molecule has 1 aromatic carbocycles. The zero-order valence-corrected chi connectivity index (χ0v) is 16.0. The third-order valence-corrected chi connectivity index (χ3v) is 7.18. The van der Waals surface area contributed by atoms with E-state index < -0.39 is 21.4 Å². The van der Waals surface area contributed by atoms with Crippen LogP contribution >= 0.6 is 0 Å². The summed E-state index contributed by atoms with van der Waals surface area (Å²) < 4.78 is 23.6. The van der Waals surface area contributed by atoms with Gasteiger partial charge in [-0.05, 0) is 24.9 Å². The molecule has 0 saturated carbocycles. The second kappa shape index (κ2) is 7.00. The molecule has 2 atom stereocenters. The van der Waals surface area contributed by atoms with E-state index in [4.69, 9.17) is 0 Å². The van der Waals surface area contributed by atoms with E-state index in [1.165, 1.54) is 4.90 Å². The first-order chi connectivity index (χ1) is 12.3. The van der Waals surface area contributed by atoms with Crippen molar-refractivity contribution in [2.45, 2.75) is 38.3 Å². The van der Waals surface area contributed by atoms with Crippen LogP contribution in [0.4, 0.5) is 4.79 Å². The van der Waals surface area contributed by atoms with Gasteiger partial charge in [0.05, 0.1) is 18.2 Å². The van der Waals surface area contributed by atoms with Crippen LogP contribution in [0, 0.1) is 0 Å². The average molecular weight is 379 g/mol. The van der Waals surface area contributed by atoms with E-state index in [1.54, 1.807) is 0 Å². The van der Waals surface area contributed by atoms with Crippen LogP contribution in [0.3, 0.4) is 0 Å². The van der Waals surface area contributed by atoms with Gasteiger partial charge in [0, 0.05) is 6.04 Å². The minimum absolute atomic E-state index is 0.0854. The zero-order chi connectivity index (χ0) is 18.9. The molecule has 0 aromatic heterocycles. The summed E-state index contributed by atoms with van der Waals surface area (Å²) in [7, 11) is -3.03. The number of benzene rings is 1. The van der Waals surface area contributed by atoms with Gasteiger partial charge in [0.25, 0.3) is 5.91 Å². The van der Waals surface area contributed by atoms with Gasteiger partial charge in [-0.1, -0.05) is 44.2 Å². The van der Waals surface area contributed by atoms with Crippen molar-refractivity contribution in [2.75, 3.05) is 24.7 Å². The van der Waals surface area contributed by atoms with E-state index in [1.807, 2.05) is 49.1 Å². The maximum absolute atomic E-state index is 13.2. The Kier molecular flexibility index (Phi) is 5.07.